The van der Waals surface area contributed by atoms with Crippen molar-refractivity contribution in [1.82, 2.24) is 0 Å². The maximum atomic E-state index is 5.13. The molecule has 0 radical (unpaired) electrons. The van der Waals surface area contributed by atoms with Crippen LogP contribution in [0.25, 0.3) is 5.32 Å². The van der Waals surface area contributed by atoms with E-state index >= 15 is 0 Å². The smallest absolute Gasteiger partial charge is 0.650 e. The average Bonchev–Trinajstić information content (AvgIpc) is 2.65. The van der Waals surface area contributed by atoms with E-state index in [1.807, 2.05) is 12.2 Å². The Bertz CT molecular complexity index is 322. The molecule has 1 rings (SSSR count). The zero-order valence-electron chi connectivity index (χ0n) is 11.9. The Morgan fingerprint density at radius 2 is 2.06 bits per heavy atom. The van der Waals surface area contributed by atoms with Crippen LogP contribution in [0.15, 0.2) is 29.5 Å². The minimum atomic E-state index is 0. The van der Waals surface area contributed by atoms with E-state index in [2.05, 4.69) is 39.5 Å². The molecule has 0 spiro atoms. The summed E-state index contributed by atoms with van der Waals surface area (Å²) in [6.07, 6.45) is 6.06. The first-order valence-corrected chi connectivity index (χ1v) is 5.77. The third-order valence-electron chi connectivity index (χ3n) is 2.55. The Balaban J connectivity index is 0.00000256. The molecule has 0 N–H and O–H groups in total. The zero-order valence-corrected chi connectivity index (χ0v) is 11.9. The first-order chi connectivity index (χ1) is 7.45. The Morgan fingerprint density at radius 3 is 2.47 bits per heavy atom. The fourth-order valence-electron chi connectivity index (χ4n) is 1.82. The summed E-state index contributed by atoms with van der Waals surface area (Å²) in [7, 11) is 1.72. The SMILES string of the molecule is COC[C@@H](C)[N-]C(C1=C=CC=C1)C(C)(C)C.[Li+]. The summed E-state index contributed by atoms with van der Waals surface area (Å²) >= 11 is 0. The predicted molar refractivity (Wildman–Crippen MR) is 68.7 cm³/mol. The number of hydrogen-bond acceptors (Lipinski definition) is 1. The van der Waals surface area contributed by atoms with Gasteiger partial charge in [0.1, 0.15) is 0 Å². The molecule has 0 amide bonds. The fraction of sp³-hybridized carbons (Fsp3) is 0.643. The van der Waals surface area contributed by atoms with Gasteiger partial charge >= 0.3 is 18.9 Å². The van der Waals surface area contributed by atoms with Crippen molar-refractivity contribution < 1.29 is 23.6 Å². The van der Waals surface area contributed by atoms with Crippen LogP contribution >= 0.6 is 0 Å². The van der Waals surface area contributed by atoms with Crippen molar-refractivity contribution in [2.75, 3.05) is 13.7 Å². The molecule has 90 valence electrons. The summed E-state index contributed by atoms with van der Waals surface area (Å²) < 4.78 is 5.13. The van der Waals surface area contributed by atoms with Crippen molar-refractivity contribution in [2.45, 2.75) is 39.8 Å². The van der Waals surface area contributed by atoms with Crippen molar-refractivity contribution in [3.05, 3.63) is 34.8 Å². The van der Waals surface area contributed by atoms with Gasteiger partial charge in [0.25, 0.3) is 0 Å². The van der Waals surface area contributed by atoms with Gasteiger partial charge in [-0.1, -0.05) is 45.9 Å². The van der Waals surface area contributed by atoms with Gasteiger partial charge < -0.3 is 10.1 Å². The summed E-state index contributed by atoms with van der Waals surface area (Å²) in [5.74, 6) is 0. The topological polar surface area (TPSA) is 23.3 Å². The minimum Gasteiger partial charge on any atom is -0.650 e. The fourth-order valence-corrected chi connectivity index (χ4v) is 1.82. The molecule has 0 bridgehead atoms. The Kier molecular flexibility index (Phi) is 7.17. The molecular formula is C14H22LiNO. The summed E-state index contributed by atoms with van der Waals surface area (Å²) in [6.45, 7) is 9.39. The molecule has 17 heavy (non-hydrogen) atoms. The van der Waals surface area contributed by atoms with Crippen LogP contribution in [0.1, 0.15) is 27.7 Å². The normalized spacial score (nSPS) is 17.6. The molecule has 0 saturated heterocycles. The molecule has 0 aromatic heterocycles. The predicted octanol–water partition coefficient (Wildman–Crippen LogP) is 0.465. The van der Waals surface area contributed by atoms with Crippen molar-refractivity contribution in [2.24, 2.45) is 5.41 Å². The van der Waals surface area contributed by atoms with Gasteiger partial charge in [-0.3, -0.25) is 0 Å². The van der Waals surface area contributed by atoms with Crippen LogP contribution in [0.2, 0.25) is 0 Å². The minimum absolute atomic E-state index is 0. The summed E-state index contributed by atoms with van der Waals surface area (Å²) in [5, 5.41) is 4.82. The molecule has 0 fully saturated rings. The van der Waals surface area contributed by atoms with Crippen molar-refractivity contribution >= 4 is 0 Å². The molecular weight excluding hydrogens is 205 g/mol. The third kappa shape index (κ3) is 5.30. The van der Waals surface area contributed by atoms with Crippen LogP contribution in [-0.2, 0) is 4.74 Å². The quantitative estimate of drug-likeness (QED) is 0.494. The second-order valence-corrected chi connectivity index (χ2v) is 5.35. The molecule has 3 heteroatoms. The third-order valence-corrected chi connectivity index (χ3v) is 2.55. The van der Waals surface area contributed by atoms with Crippen molar-refractivity contribution in [1.29, 1.82) is 0 Å². The first kappa shape index (κ1) is 16.8. The largest absolute Gasteiger partial charge is 1.00 e. The number of allylic oxidation sites excluding steroid dienone is 1. The monoisotopic (exact) mass is 227 g/mol. The second kappa shape index (κ2) is 7.26. The van der Waals surface area contributed by atoms with Gasteiger partial charge in [-0.15, -0.1) is 11.8 Å². The van der Waals surface area contributed by atoms with E-state index in [-0.39, 0.29) is 36.4 Å². The van der Waals surface area contributed by atoms with Gasteiger partial charge in [-0.25, -0.2) is 0 Å². The van der Waals surface area contributed by atoms with Crippen LogP contribution in [-0.4, -0.2) is 25.8 Å². The Morgan fingerprint density at radius 1 is 1.41 bits per heavy atom. The van der Waals surface area contributed by atoms with E-state index in [1.54, 1.807) is 7.11 Å². The molecule has 0 aliphatic heterocycles. The van der Waals surface area contributed by atoms with Crippen molar-refractivity contribution in [3.63, 3.8) is 0 Å². The molecule has 1 aliphatic rings. The zero-order chi connectivity index (χ0) is 12.2. The Hall–Kier alpha value is -0.223. The second-order valence-electron chi connectivity index (χ2n) is 5.35. The first-order valence-electron chi connectivity index (χ1n) is 5.77. The number of methoxy groups -OCH3 is 1. The van der Waals surface area contributed by atoms with E-state index in [0.717, 1.165) is 0 Å². The van der Waals surface area contributed by atoms with Gasteiger partial charge in [0.2, 0.25) is 0 Å². The van der Waals surface area contributed by atoms with Crippen LogP contribution < -0.4 is 18.9 Å². The average molecular weight is 227 g/mol. The number of nitrogens with zero attached hydrogens (tertiary/aromatic N) is 1. The number of rotatable bonds is 5. The van der Waals surface area contributed by atoms with Gasteiger partial charge in [-0.2, -0.15) is 0 Å². The molecule has 0 heterocycles. The van der Waals surface area contributed by atoms with Crippen LogP contribution in [0.4, 0.5) is 0 Å². The summed E-state index contributed by atoms with van der Waals surface area (Å²) in [6, 6.07) is 0.408. The van der Waals surface area contributed by atoms with Crippen LogP contribution in [0.5, 0.6) is 0 Å². The van der Waals surface area contributed by atoms with Gasteiger partial charge in [-0.05, 0) is 17.1 Å². The molecule has 0 aromatic rings. The molecule has 0 saturated carbocycles. The van der Waals surface area contributed by atoms with E-state index in [0.29, 0.717) is 6.61 Å². The molecule has 2 nitrogen and oxygen atoms in total. The van der Waals surface area contributed by atoms with E-state index in [1.165, 1.54) is 5.57 Å². The molecule has 1 aliphatic carbocycles. The van der Waals surface area contributed by atoms with Gasteiger partial charge in [0.05, 0.1) is 0 Å². The van der Waals surface area contributed by atoms with E-state index in [9.17, 15) is 0 Å². The molecule has 1 unspecified atom stereocenters. The van der Waals surface area contributed by atoms with Crippen LogP contribution in [0.3, 0.4) is 0 Å². The standard InChI is InChI=1S/C14H22NO.Li/c1-11(10-16-5)15-13(14(2,3)4)12-8-6-7-9-12;/h6-8,11,13H,10H2,1-5H3;/q-1;+1/t11-,13?;/m1./s1. The number of hydrogen-bond donors (Lipinski definition) is 0. The summed E-state index contributed by atoms with van der Waals surface area (Å²) in [4.78, 5) is 0. The molecule has 0 aromatic carbocycles. The maximum Gasteiger partial charge on any atom is 1.00 e. The Labute approximate surface area is 117 Å². The maximum absolute atomic E-state index is 5.13. The van der Waals surface area contributed by atoms with Crippen LogP contribution in [0, 0.1) is 5.41 Å². The van der Waals surface area contributed by atoms with Crippen molar-refractivity contribution in [3.8, 4) is 0 Å². The van der Waals surface area contributed by atoms with Gasteiger partial charge in [0, 0.05) is 13.7 Å². The molecule has 2 atom stereocenters. The van der Waals surface area contributed by atoms with E-state index < -0.39 is 0 Å². The van der Waals surface area contributed by atoms with Gasteiger partial charge in [0.15, 0.2) is 0 Å². The van der Waals surface area contributed by atoms with E-state index in [4.69, 9.17) is 10.1 Å². The number of ether oxygens (including phenoxy) is 1. The summed E-state index contributed by atoms with van der Waals surface area (Å²) in [5.41, 5.74) is 4.55.